The summed E-state index contributed by atoms with van der Waals surface area (Å²) >= 11 is 1.69. The predicted octanol–water partition coefficient (Wildman–Crippen LogP) is 2.52. The molecule has 1 saturated heterocycles. The fraction of sp³-hybridized carbons (Fsp3) is 0.733. The molecule has 0 spiro atoms. The summed E-state index contributed by atoms with van der Waals surface area (Å²) in [6.45, 7) is 4.95. The molecule has 0 radical (unpaired) electrons. The molecule has 2 heterocycles. The molecule has 1 N–H and O–H groups in total. The van der Waals surface area contributed by atoms with Gasteiger partial charge < -0.3 is 15.0 Å². The Morgan fingerprint density at radius 2 is 2.09 bits per heavy atom. The van der Waals surface area contributed by atoms with Crippen LogP contribution in [0.4, 0.5) is 0 Å². The number of aromatic nitrogens is 1. The van der Waals surface area contributed by atoms with Gasteiger partial charge in [0.2, 0.25) is 5.91 Å². The van der Waals surface area contributed by atoms with Crippen LogP contribution in [0.5, 0.6) is 0 Å². The van der Waals surface area contributed by atoms with E-state index >= 15 is 0 Å². The third-order valence-corrected chi connectivity index (χ3v) is 5.23. The highest BCUT2D eigenvalue weighted by atomic mass is 35.5. The number of hydrogen-bond donors (Lipinski definition) is 1. The fourth-order valence-corrected chi connectivity index (χ4v) is 3.78. The molecule has 0 saturated carbocycles. The lowest BCUT2D eigenvalue weighted by molar-refractivity contribution is -0.146. The maximum atomic E-state index is 12.9. The van der Waals surface area contributed by atoms with Crippen molar-refractivity contribution in [2.75, 3.05) is 33.9 Å². The normalized spacial score (nSPS) is 16.1. The number of rotatable bonds is 6. The highest BCUT2D eigenvalue weighted by Crippen LogP contribution is 2.32. The Labute approximate surface area is 155 Å². The topological polar surface area (TPSA) is 54.5 Å². The SMILES string of the molecule is CCc1cnc(CN(C)C(=O)C2(COC)CCNCC2)s1.Cl.Cl. The van der Waals surface area contributed by atoms with E-state index in [2.05, 4.69) is 17.2 Å². The third-order valence-electron chi connectivity index (χ3n) is 4.10. The number of ether oxygens (including phenoxy) is 1. The predicted molar refractivity (Wildman–Crippen MR) is 98.9 cm³/mol. The van der Waals surface area contributed by atoms with Gasteiger partial charge in [-0.15, -0.1) is 36.2 Å². The van der Waals surface area contributed by atoms with E-state index in [1.54, 1.807) is 18.4 Å². The summed E-state index contributed by atoms with van der Waals surface area (Å²) in [4.78, 5) is 20.4. The molecule has 8 heteroatoms. The molecule has 1 amide bonds. The number of nitrogens with one attached hydrogen (secondary N) is 1. The molecular weight excluding hydrogens is 357 g/mol. The van der Waals surface area contributed by atoms with E-state index < -0.39 is 0 Å². The smallest absolute Gasteiger partial charge is 0.231 e. The van der Waals surface area contributed by atoms with Crippen LogP contribution < -0.4 is 5.32 Å². The largest absolute Gasteiger partial charge is 0.384 e. The van der Waals surface area contributed by atoms with Crippen LogP contribution in [-0.2, 0) is 22.5 Å². The van der Waals surface area contributed by atoms with E-state index in [1.807, 2.05) is 18.1 Å². The average Bonchev–Trinajstić information content (AvgIpc) is 2.95. The van der Waals surface area contributed by atoms with E-state index in [0.29, 0.717) is 13.2 Å². The molecule has 1 aromatic heterocycles. The second-order valence-electron chi connectivity index (χ2n) is 5.70. The van der Waals surface area contributed by atoms with Gasteiger partial charge in [-0.25, -0.2) is 4.98 Å². The molecule has 1 aliphatic heterocycles. The second kappa shape index (κ2) is 10.5. The van der Waals surface area contributed by atoms with Gasteiger partial charge in [0.05, 0.1) is 18.6 Å². The van der Waals surface area contributed by atoms with Gasteiger partial charge in [0.25, 0.3) is 0 Å². The lowest BCUT2D eigenvalue weighted by atomic mass is 9.78. The van der Waals surface area contributed by atoms with Crippen molar-refractivity contribution >= 4 is 42.1 Å². The first kappa shape index (κ1) is 22.6. The van der Waals surface area contributed by atoms with Gasteiger partial charge >= 0.3 is 0 Å². The summed E-state index contributed by atoms with van der Waals surface area (Å²) in [6.07, 6.45) is 4.58. The molecule has 0 aromatic carbocycles. The summed E-state index contributed by atoms with van der Waals surface area (Å²) in [5.41, 5.74) is -0.375. The quantitative estimate of drug-likeness (QED) is 0.819. The van der Waals surface area contributed by atoms with Crippen LogP contribution in [0.25, 0.3) is 0 Å². The van der Waals surface area contributed by atoms with Crippen molar-refractivity contribution in [3.05, 3.63) is 16.1 Å². The molecular formula is C15H27Cl2N3O2S. The van der Waals surface area contributed by atoms with Crippen molar-refractivity contribution in [1.82, 2.24) is 15.2 Å². The molecule has 1 aromatic rings. The minimum absolute atomic E-state index is 0. The molecule has 1 fully saturated rings. The summed E-state index contributed by atoms with van der Waals surface area (Å²) < 4.78 is 5.34. The van der Waals surface area contributed by atoms with Crippen LogP contribution in [-0.4, -0.2) is 49.6 Å². The van der Waals surface area contributed by atoms with Crippen molar-refractivity contribution in [2.24, 2.45) is 5.41 Å². The standard InChI is InChI=1S/C15H25N3O2S.2ClH/c1-4-12-9-17-13(21-12)10-18(2)14(19)15(11-20-3)5-7-16-8-6-15;;/h9,16H,4-8,10-11H2,1-3H3;2*1H. The number of aryl methyl sites for hydroxylation is 1. The molecule has 0 bridgehead atoms. The lowest BCUT2D eigenvalue weighted by Crippen LogP contribution is -2.50. The van der Waals surface area contributed by atoms with E-state index in [4.69, 9.17) is 4.74 Å². The first-order valence-corrected chi connectivity index (χ1v) is 8.32. The number of nitrogens with zero attached hydrogens (tertiary/aromatic N) is 2. The van der Waals surface area contributed by atoms with Gasteiger partial charge in [-0.05, 0) is 32.4 Å². The fourth-order valence-electron chi connectivity index (χ4n) is 2.87. The Kier molecular flexibility index (Phi) is 10.3. The van der Waals surface area contributed by atoms with Crippen LogP contribution in [0.1, 0.15) is 29.7 Å². The Morgan fingerprint density at radius 3 is 2.61 bits per heavy atom. The van der Waals surface area contributed by atoms with Crippen LogP contribution in [0.15, 0.2) is 6.20 Å². The van der Waals surface area contributed by atoms with Crippen molar-refractivity contribution in [3.8, 4) is 0 Å². The number of methoxy groups -OCH3 is 1. The maximum Gasteiger partial charge on any atom is 0.231 e. The number of amides is 1. The van der Waals surface area contributed by atoms with E-state index in [-0.39, 0.29) is 36.1 Å². The first-order chi connectivity index (χ1) is 10.1. The van der Waals surface area contributed by atoms with Crippen molar-refractivity contribution < 1.29 is 9.53 Å². The summed E-state index contributed by atoms with van der Waals surface area (Å²) in [7, 11) is 3.54. The molecule has 134 valence electrons. The maximum absolute atomic E-state index is 12.9. The number of piperidine rings is 1. The molecule has 5 nitrogen and oxygen atoms in total. The zero-order valence-electron chi connectivity index (χ0n) is 14.0. The first-order valence-electron chi connectivity index (χ1n) is 7.50. The van der Waals surface area contributed by atoms with Crippen LogP contribution in [0.3, 0.4) is 0 Å². The minimum Gasteiger partial charge on any atom is -0.384 e. The molecule has 2 rings (SSSR count). The lowest BCUT2D eigenvalue weighted by Gasteiger charge is -2.38. The van der Waals surface area contributed by atoms with E-state index in [0.717, 1.165) is 37.4 Å². The van der Waals surface area contributed by atoms with Gasteiger partial charge in [0.1, 0.15) is 5.01 Å². The van der Waals surface area contributed by atoms with Gasteiger partial charge in [-0.1, -0.05) is 6.92 Å². The number of carbonyl (C=O) groups excluding carboxylic acids is 1. The molecule has 1 aliphatic rings. The summed E-state index contributed by atoms with van der Waals surface area (Å²) in [5, 5.41) is 4.32. The number of hydrogen-bond acceptors (Lipinski definition) is 5. The average molecular weight is 384 g/mol. The van der Waals surface area contributed by atoms with Crippen molar-refractivity contribution in [2.45, 2.75) is 32.7 Å². The number of thiazole rings is 1. The molecule has 23 heavy (non-hydrogen) atoms. The Balaban J connectivity index is 0.00000242. The van der Waals surface area contributed by atoms with Crippen LogP contribution >= 0.6 is 36.2 Å². The second-order valence-corrected chi connectivity index (χ2v) is 6.90. The number of halogens is 2. The van der Waals surface area contributed by atoms with Gasteiger partial charge in [-0.3, -0.25) is 4.79 Å². The van der Waals surface area contributed by atoms with Gasteiger partial charge in [0, 0.05) is 25.2 Å². The summed E-state index contributed by atoms with van der Waals surface area (Å²) in [5.74, 6) is 0.180. The Bertz CT molecular complexity index is 474. The monoisotopic (exact) mass is 383 g/mol. The van der Waals surface area contributed by atoms with Crippen LogP contribution in [0.2, 0.25) is 0 Å². The minimum atomic E-state index is -0.375. The van der Waals surface area contributed by atoms with Crippen molar-refractivity contribution in [3.63, 3.8) is 0 Å². The Morgan fingerprint density at radius 1 is 1.43 bits per heavy atom. The third kappa shape index (κ3) is 5.57. The highest BCUT2D eigenvalue weighted by molar-refractivity contribution is 7.11. The van der Waals surface area contributed by atoms with Gasteiger partial charge in [-0.2, -0.15) is 0 Å². The van der Waals surface area contributed by atoms with Crippen LogP contribution in [0, 0.1) is 5.41 Å². The zero-order chi connectivity index (χ0) is 15.3. The molecule has 0 unspecified atom stereocenters. The molecule has 0 atom stereocenters. The van der Waals surface area contributed by atoms with Gasteiger partial charge in [0.15, 0.2) is 0 Å². The van der Waals surface area contributed by atoms with Crippen molar-refractivity contribution in [1.29, 1.82) is 0 Å². The van der Waals surface area contributed by atoms with E-state index in [1.165, 1.54) is 4.88 Å². The summed E-state index contributed by atoms with van der Waals surface area (Å²) in [6, 6.07) is 0. The number of carbonyl (C=O) groups is 1. The Hall–Kier alpha value is -0.400. The highest BCUT2D eigenvalue weighted by Gasteiger charge is 2.41. The van der Waals surface area contributed by atoms with E-state index in [9.17, 15) is 4.79 Å². The molecule has 0 aliphatic carbocycles. The zero-order valence-corrected chi connectivity index (χ0v) is 16.4.